The van der Waals surface area contributed by atoms with Gasteiger partial charge in [0.1, 0.15) is 0 Å². The van der Waals surface area contributed by atoms with Gasteiger partial charge in [0.2, 0.25) is 0 Å². The summed E-state index contributed by atoms with van der Waals surface area (Å²) in [6.45, 7) is 6.83. The largest absolute Gasteiger partial charge is 0.392 e. The highest BCUT2D eigenvalue weighted by atomic mass is 79.9. The van der Waals surface area contributed by atoms with Gasteiger partial charge in [-0.05, 0) is 31.5 Å². The van der Waals surface area contributed by atoms with E-state index in [1.807, 2.05) is 6.07 Å². The van der Waals surface area contributed by atoms with Crippen molar-refractivity contribution in [2.45, 2.75) is 26.1 Å². The number of aliphatic hydroxyl groups excluding tert-OH is 1. The molecule has 0 aromatic heterocycles. The highest BCUT2D eigenvalue weighted by molar-refractivity contribution is 9.10. The summed E-state index contributed by atoms with van der Waals surface area (Å²) in [5.41, 5.74) is 1.99. The van der Waals surface area contributed by atoms with Gasteiger partial charge in [0.05, 0.1) is 18.8 Å². The Bertz CT molecular complexity index is 406. The molecule has 1 heterocycles. The molecule has 0 atom stereocenters. The van der Waals surface area contributed by atoms with Gasteiger partial charge < -0.3 is 14.7 Å². The summed E-state index contributed by atoms with van der Waals surface area (Å²) >= 11 is 3.48. The van der Waals surface area contributed by atoms with Crippen LogP contribution in [0.3, 0.4) is 0 Å². The van der Waals surface area contributed by atoms with Gasteiger partial charge in [-0.15, -0.1) is 0 Å². The van der Waals surface area contributed by atoms with Gasteiger partial charge in [-0.3, -0.25) is 0 Å². The van der Waals surface area contributed by atoms with Gasteiger partial charge in [0.25, 0.3) is 0 Å². The first-order valence-corrected chi connectivity index (χ1v) is 6.59. The van der Waals surface area contributed by atoms with Gasteiger partial charge in [-0.25, -0.2) is 0 Å². The molecule has 0 amide bonds. The Morgan fingerprint density at radius 3 is 2.82 bits per heavy atom. The van der Waals surface area contributed by atoms with Gasteiger partial charge in [0.15, 0.2) is 0 Å². The maximum absolute atomic E-state index is 9.14. The zero-order valence-corrected chi connectivity index (χ0v) is 11.8. The maximum Gasteiger partial charge on any atom is 0.0801 e. The van der Waals surface area contributed by atoms with Crippen LogP contribution in [0.2, 0.25) is 0 Å². The molecule has 3 nitrogen and oxygen atoms in total. The number of nitrogens with zero attached hydrogens (tertiary/aromatic N) is 1. The minimum Gasteiger partial charge on any atom is -0.392 e. The van der Waals surface area contributed by atoms with Crippen molar-refractivity contribution >= 4 is 21.6 Å². The number of halogens is 1. The predicted molar refractivity (Wildman–Crippen MR) is 72.3 cm³/mol. The molecule has 17 heavy (non-hydrogen) atoms. The van der Waals surface area contributed by atoms with Crippen molar-refractivity contribution in [3.05, 3.63) is 28.2 Å². The third-order valence-electron chi connectivity index (χ3n) is 3.00. The van der Waals surface area contributed by atoms with Crippen LogP contribution in [0.15, 0.2) is 22.7 Å². The Kier molecular flexibility index (Phi) is 3.76. The molecule has 0 unspecified atom stereocenters. The summed E-state index contributed by atoms with van der Waals surface area (Å²) in [6.07, 6.45) is 0. The van der Waals surface area contributed by atoms with Crippen LogP contribution in [0.4, 0.5) is 5.69 Å². The molecule has 4 heteroatoms. The molecule has 1 aromatic rings. The van der Waals surface area contributed by atoms with Crippen LogP contribution in [-0.4, -0.2) is 30.4 Å². The van der Waals surface area contributed by atoms with E-state index in [1.165, 1.54) is 5.69 Å². The summed E-state index contributed by atoms with van der Waals surface area (Å²) in [5.74, 6) is 0. The first kappa shape index (κ1) is 12.9. The van der Waals surface area contributed by atoms with Crippen LogP contribution < -0.4 is 4.90 Å². The minimum absolute atomic E-state index is 0.0649. The van der Waals surface area contributed by atoms with Gasteiger partial charge in [-0.1, -0.05) is 22.0 Å². The molecule has 1 aliphatic heterocycles. The third-order valence-corrected chi connectivity index (χ3v) is 3.74. The van der Waals surface area contributed by atoms with E-state index in [4.69, 9.17) is 9.84 Å². The second-order valence-corrected chi connectivity index (χ2v) is 5.82. The Balaban J connectivity index is 2.19. The van der Waals surface area contributed by atoms with E-state index in [1.54, 1.807) is 0 Å². The molecule has 0 saturated carbocycles. The highest BCUT2D eigenvalue weighted by Gasteiger charge is 2.27. The zero-order chi connectivity index (χ0) is 12.5. The average Bonchev–Trinajstić information content (AvgIpc) is 2.27. The lowest BCUT2D eigenvalue weighted by molar-refractivity contribution is -0.0276. The zero-order valence-electron chi connectivity index (χ0n) is 10.2. The Morgan fingerprint density at radius 1 is 1.47 bits per heavy atom. The van der Waals surface area contributed by atoms with Crippen molar-refractivity contribution in [2.75, 3.05) is 24.6 Å². The van der Waals surface area contributed by atoms with Crippen molar-refractivity contribution < 1.29 is 9.84 Å². The maximum atomic E-state index is 9.14. The SMILES string of the molecule is CC1(C)CN(c2ccc(CO)c(Br)c2)CCO1. The topological polar surface area (TPSA) is 32.7 Å². The van der Waals surface area contributed by atoms with E-state index in [0.717, 1.165) is 29.7 Å². The van der Waals surface area contributed by atoms with Crippen molar-refractivity contribution in [1.82, 2.24) is 0 Å². The number of hydrogen-bond donors (Lipinski definition) is 1. The summed E-state index contributed by atoms with van der Waals surface area (Å²) in [6, 6.07) is 6.08. The summed E-state index contributed by atoms with van der Waals surface area (Å²) in [7, 11) is 0. The molecule has 1 N–H and O–H groups in total. The smallest absolute Gasteiger partial charge is 0.0801 e. The summed E-state index contributed by atoms with van der Waals surface area (Å²) in [4.78, 5) is 2.31. The number of ether oxygens (including phenoxy) is 1. The quantitative estimate of drug-likeness (QED) is 0.911. The number of anilines is 1. The average molecular weight is 300 g/mol. The van der Waals surface area contributed by atoms with Gasteiger partial charge in [-0.2, -0.15) is 0 Å². The number of rotatable bonds is 2. The van der Waals surface area contributed by atoms with Crippen LogP contribution in [0.25, 0.3) is 0 Å². The Labute approximate surface area is 111 Å². The number of morpholine rings is 1. The number of benzene rings is 1. The molecule has 0 aliphatic carbocycles. The second kappa shape index (κ2) is 4.96. The van der Waals surface area contributed by atoms with Crippen molar-refractivity contribution in [3.8, 4) is 0 Å². The van der Waals surface area contributed by atoms with Crippen molar-refractivity contribution in [2.24, 2.45) is 0 Å². The Hall–Kier alpha value is -0.580. The molecule has 2 rings (SSSR count). The van der Waals surface area contributed by atoms with E-state index >= 15 is 0 Å². The lowest BCUT2D eigenvalue weighted by Gasteiger charge is -2.39. The molecule has 1 saturated heterocycles. The summed E-state index contributed by atoms with van der Waals surface area (Å²) < 4.78 is 6.66. The molecule has 94 valence electrons. The van der Waals surface area contributed by atoms with Crippen LogP contribution in [0.5, 0.6) is 0 Å². The van der Waals surface area contributed by atoms with E-state index < -0.39 is 0 Å². The fraction of sp³-hybridized carbons (Fsp3) is 0.538. The second-order valence-electron chi connectivity index (χ2n) is 4.96. The van der Waals surface area contributed by atoms with E-state index in [-0.39, 0.29) is 12.2 Å². The molecule has 1 fully saturated rings. The van der Waals surface area contributed by atoms with Crippen LogP contribution in [0, 0.1) is 0 Å². The Morgan fingerprint density at radius 2 is 2.24 bits per heavy atom. The van der Waals surface area contributed by atoms with Gasteiger partial charge in [0, 0.05) is 23.2 Å². The monoisotopic (exact) mass is 299 g/mol. The van der Waals surface area contributed by atoms with Gasteiger partial charge >= 0.3 is 0 Å². The molecule has 0 bridgehead atoms. The highest BCUT2D eigenvalue weighted by Crippen LogP contribution is 2.27. The normalized spacial score (nSPS) is 19.4. The molecule has 0 spiro atoms. The van der Waals surface area contributed by atoms with E-state index in [0.29, 0.717) is 0 Å². The fourth-order valence-electron chi connectivity index (χ4n) is 2.10. The minimum atomic E-state index is -0.0968. The molecule has 0 radical (unpaired) electrons. The lowest BCUT2D eigenvalue weighted by atomic mass is 10.1. The first-order valence-electron chi connectivity index (χ1n) is 5.80. The third kappa shape index (κ3) is 3.00. The standard InChI is InChI=1S/C13H18BrNO2/c1-13(2)9-15(5-6-17-13)11-4-3-10(8-16)12(14)7-11/h3-4,7,16H,5-6,8-9H2,1-2H3. The van der Waals surface area contributed by atoms with Crippen molar-refractivity contribution in [1.29, 1.82) is 0 Å². The van der Waals surface area contributed by atoms with E-state index in [2.05, 4.69) is 46.8 Å². The first-order chi connectivity index (χ1) is 8.02. The number of hydrogen-bond acceptors (Lipinski definition) is 3. The van der Waals surface area contributed by atoms with Crippen LogP contribution >= 0.6 is 15.9 Å². The van der Waals surface area contributed by atoms with Crippen molar-refractivity contribution in [3.63, 3.8) is 0 Å². The predicted octanol–water partition coefficient (Wildman–Crippen LogP) is 2.56. The lowest BCUT2D eigenvalue weighted by Crippen LogP contribution is -2.48. The fourth-order valence-corrected chi connectivity index (χ4v) is 2.59. The molecule has 1 aromatic carbocycles. The molecule has 1 aliphatic rings. The summed E-state index contributed by atoms with van der Waals surface area (Å²) in [5, 5.41) is 9.14. The molecular formula is C13H18BrNO2. The molecular weight excluding hydrogens is 282 g/mol. The number of aliphatic hydroxyl groups is 1. The van der Waals surface area contributed by atoms with E-state index in [9.17, 15) is 0 Å². The van der Waals surface area contributed by atoms with Crippen LogP contribution in [0.1, 0.15) is 19.4 Å². The van der Waals surface area contributed by atoms with Crippen LogP contribution in [-0.2, 0) is 11.3 Å².